The number of carboxylic acids is 1. The molecule has 0 unspecified atom stereocenters. The van der Waals surface area contributed by atoms with Crippen LogP contribution < -0.4 is 10.6 Å². The second-order valence-corrected chi connectivity index (χ2v) is 3.88. The molecule has 0 heterocycles. The van der Waals surface area contributed by atoms with Crippen LogP contribution in [0.2, 0.25) is 0 Å². The summed E-state index contributed by atoms with van der Waals surface area (Å²) >= 11 is 0. The number of rotatable bonds is 6. The zero-order chi connectivity index (χ0) is 11.8. The molecule has 0 bridgehead atoms. The van der Waals surface area contributed by atoms with Crippen LogP contribution in [0.25, 0.3) is 0 Å². The Bertz CT molecular complexity index is 217. The van der Waals surface area contributed by atoms with Crippen molar-refractivity contribution in [1.29, 1.82) is 0 Å². The van der Waals surface area contributed by atoms with Gasteiger partial charge in [-0.05, 0) is 18.8 Å². The predicted molar refractivity (Wildman–Crippen MR) is 57.7 cm³/mol. The third kappa shape index (κ3) is 6.76. The molecular weight excluding hydrogens is 196 g/mol. The van der Waals surface area contributed by atoms with Crippen LogP contribution in [0, 0.1) is 5.92 Å². The molecule has 15 heavy (non-hydrogen) atoms. The molecule has 0 radical (unpaired) electrons. The van der Waals surface area contributed by atoms with Gasteiger partial charge < -0.3 is 15.7 Å². The van der Waals surface area contributed by atoms with E-state index in [9.17, 15) is 9.59 Å². The Kier molecular flexibility index (Phi) is 6.49. The summed E-state index contributed by atoms with van der Waals surface area (Å²) in [5.41, 5.74) is 0. The Labute approximate surface area is 90.2 Å². The van der Waals surface area contributed by atoms with Crippen molar-refractivity contribution in [2.24, 2.45) is 5.92 Å². The van der Waals surface area contributed by atoms with Crippen LogP contribution in [0.5, 0.6) is 0 Å². The van der Waals surface area contributed by atoms with Gasteiger partial charge in [-0.15, -0.1) is 0 Å². The Hall–Kier alpha value is -1.26. The smallest absolute Gasteiger partial charge is 0.326 e. The lowest BCUT2D eigenvalue weighted by molar-refractivity contribution is -0.139. The van der Waals surface area contributed by atoms with E-state index < -0.39 is 18.0 Å². The zero-order valence-corrected chi connectivity index (χ0v) is 9.54. The molecular formula is C10H20N2O3. The molecule has 0 fully saturated rings. The number of carboxylic acid groups (broad SMARTS) is 1. The maximum atomic E-state index is 11.2. The molecule has 0 aromatic carbocycles. The first-order chi connectivity index (χ1) is 6.97. The highest BCUT2D eigenvalue weighted by Crippen LogP contribution is 1.96. The fourth-order valence-corrected chi connectivity index (χ4v) is 1.02. The average Bonchev–Trinajstić information content (AvgIpc) is 2.13. The van der Waals surface area contributed by atoms with Gasteiger partial charge in [0.25, 0.3) is 0 Å². The van der Waals surface area contributed by atoms with E-state index >= 15 is 0 Å². The molecule has 0 spiro atoms. The maximum Gasteiger partial charge on any atom is 0.326 e. The molecule has 0 aliphatic heterocycles. The first-order valence-corrected chi connectivity index (χ1v) is 5.24. The summed E-state index contributed by atoms with van der Waals surface area (Å²) in [6.07, 6.45) is 1.27. The van der Waals surface area contributed by atoms with Gasteiger partial charge >= 0.3 is 12.0 Å². The third-order valence-electron chi connectivity index (χ3n) is 2.02. The summed E-state index contributed by atoms with van der Waals surface area (Å²) in [4.78, 5) is 21.8. The Morgan fingerprint density at radius 3 is 2.33 bits per heavy atom. The largest absolute Gasteiger partial charge is 0.480 e. The monoisotopic (exact) mass is 216 g/mol. The van der Waals surface area contributed by atoms with Gasteiger partial charge in [0.2, 0.25) is 0 Å². The van der Waals surface area contributed by atoms with E-state index in [-0.39, 0.29) is 0 Å². The number of urea groups is 1. The number of carbonyl (C=O) groups is 2. The second-order valence-electron chi connectivity index (χ2n) is 3.88. The van der Waals surface area contributed by atoms with Gasteiger partial charge in [-0.3, -0.25) is 0 Å². The molecule has 0 aliphatic rings. The van der Waals surface area contributed by atoms with E-state index in [0.717, 1.165) is 6.42 Å². The Balaban J connectivity index is 3.77. The van der Waals surface area contributed by atoms with Crippen LogP contribution in [-0.4, -0.2) is 29.7 Å². The van der Waals surface area contributed by atoms with Crippen LogP contribution in [-0.2, 0) is 4.79 Å². The minimum atomic E-state index is -1.00. The molecule has 0 rings (SSSR count). The zero-order valence-electron chi connectivity index (χ0n) is 9.54. The fourth-order valence-electron chi connectivity index (χ4n) is 1.02. The van der Waals surface area contributed by atoms with Crippen molar-refractivity contribution in [3.8, 4) is 0 Å². The van der Waals surface area contributed by atoms with Crippen LogP contribution >= 0.6 is 0 Å². The lowest BCUT2D eigenvalue weighted by Crippen LogP contribution is -2.46. The Morgan fingerprint density at radius 1 is 1.33 bits per heavy atom. The van der Waals surface area contributed by atoms with Gasteiger partial charge in [-0.2, -0.15) is 0 Å². The number of carbonyl (C=O) groups excluding carboxylic acids is 1. The highest BCUT2D eigenvalue weighted by Gasteiger charge is 2.16. The molecule has 88 valence electrons. The average molecular weight is 216 g/mol. The van der Waals surface area contributed by atoms with E-state index in [1.54, 1.807) is 6.92 Å². The molecule has 2 amide bonds. The Morgan fingerprint density at radius 2 is 1.93 bits per heavy atom. The first-order valence-electron chi connectivity index (χ1n) is 5.24. The minimum Gasteiger partial charge on any atom is -0.480 e. The van der Waals surface area contributed by atoms with Crippen LogP contribution in [0.4, 0.5) is 4.79 Å². The van der Waals surface area contributed by atoms with Gasteiger partial charge in [0.15, 0.2) is 0 Å². The summed E-state index contributed by atoms with van der Waals surface area (Å²) in [6, 6.07) is -1.21. The summed E-state index contributed by atoms with van der Waals surface area (Å²) in [7, 11) is 0. The molecule has 0 saturated carbocycles. The van der Waals surface area contributed by atoms with Gasteiger partial charge in [0, 0.05) is 6.54 Å². The number of amides is 2. The number of hydrogen-bond acceptors (Lipinski definition) is 2. The standard InChI is InChI=1S/C10H20N2O3/c1-4-8(9(13)14)12-10(15)11-6-5-7(2)3/h7-8H,4-6H2,1-3H3,(H,13,14)(H2,11,12,15)/t8-/m0/s1. The van der Waals surface area contributed by atoms with E-state index in [1.165, 1.54) is 0 Å². The quantitative estimate of drug-likeness (QED) is 0.624. The van der Waals surface area contributed by atoms with Gasteiger partial charge in [0.1, 0.15) is 6.04 Å². The van der Waals surface area contributed by atoms with Crippen molar-refractivity contribution < 1.29 is 14.7 Å². The maximum absolute atomic E-state index is 11.2. The predicted octanol–water partition coefficient (Wildman–Crippen LogP) is 1.19. The second kappa shape index (κ2) is 7.09. The van der Waals surface area contributed by atoms with Crippen LogP contribution in [0.3, 0.4) is 0 Å². The highest BCUT2D eigenvalue weighted by atomic mass is 16.4. The van der Waals surface area contributed by atoms with Crippen molar-refractivity contribution in [3.63, 3.8) is 0 Å². The SMILES string of the molecule is CC[C@H](NC(=O)NCCC(C)C)C(=O)O. The molecule has 0 aliphatic carbocycles. The van der Waals surface area contributed by atoms with Crippen LogP contribution in [0.15, 0.2) is 0 Å². The van der Waals surface area contributed by atoms with E-state index in [2.05, 4.69) is 24.5 Å². The van der Waals surface area contributed by atoms with Crippen molar-refractivity contribution in [2.75, 3.05) is 6.54 Å². The van der Waals surface area contributed by atoms with Crippen molar-refractivity contribution in [3.05, 3.63) is 0 Å². The highest BCUT2D eigenvalue weighted by molar-refractivity contribution is 5.82. The van der Waals surface area contributed by atoms with Crippen molar-refractivity contribution in [2.45, 2.75) is 39.7 Å². The van der Waals surface area contributed by atoms with E-state index in [4.69, 9.17) is 5.11 Å². The van der Waals surface area contributed by atoms with Gasteiger partial charge in [0.05, 0.1) is 0 Å². The third-order valence-corrected chi connectivity index (χ3v) is 2.02. The first kappa shape index (κ1) is 13.7. The van der Waals surface area contributed by atoms with Crippen molar-refractivity contribution >= 4 is 12.0 Å². The van der Waals surface area contributed by atoms with Gasteiger partial charge in [-0.1, -0.05) is 20.8 Å². The number of aliphatic carboxylic acids is 1. The molecule has 0 aromatic heterocycles. The number of hydrogen-bond donors (Lipinski definition) is 3. The summed E-state index contributed by atoms with van der Waals surface area (Å²) in [5, 5.41) is 13.7. The lowest BCUT2D eigenvalue weighted by atomic mass is 10.1. The van der Waals surface area contributed by atoms with E-state index in [1.807, 2.05) is 0 Å². The van der Waals surface area contributed by atoms with Crippen LogP contribution in [0.1, 0.15) is 33.6 Å². The molecule has 5 heteroatoms. The molecule has 3 N–H and O–H groups in total. The molecule has 5 nitrogen and oxygen atoms in total. The van der Waals surface area contributed by atoms with Crippen molar-refractivity contribution in [1.82, 2.24) is 10.6 Å². The minimum absolute atomic E-state index is 0.382. The topological polar surface area (TPSA) is 78.4 Å². The molecule has 0 aromatic rings. The van der Waals surface area contributed by atoms with E-state index in [0.29, 0.717) is 18.9 Å². The molecule has 1 atom stereocenters. The molecule has 0 saturated heterocycles. The van der Waals surface area contributed by atoms with Gasteiger partial charge in [-0.25, -0.2) is 9.59 Å². The fraction of sp³-hybridized carbons (Fsp3) is 0.800. The summed E-state index contributed by atoms with van der Waals surface area (Å²) in [5.74, 6) is -0.483. The summed E-state index contributed by atoms with van der Waals surface area (Å²) in [6.45, 7) is 6.41. The normalized spacial score (nSPS) is 12.3. The summed E-state index contributed by atoms with van der Waals surface area (Å²) < 4.78 is 0. The number of nitrogens with one attached hydrogen (secondary N) is 2. The lowest BCUT2D eigenvalue weighted by Gasteiger charge is -2.13.